The van der Waals surface area contributed by atoms with Gasteiger partial charge in [-0.1, -0.05) is 15.9 Å². The summed E-state index contributed by atoms with van der Waals surface area (Å²) in [6.07, 6.45) is 0. The van der Waals surface area contributed by atoms with E-state index in [1.165, 1.54) is 11.3 Å². The fraction of sp³-hybridized carbons (Fsp3) is 0.400. The zero-order valence-electron chi connectivity index (χ0n) is 7.69. The van der Waals surface area contributed by atoms with E-state index in [-0.39, 0.29) is 0 Å². The van der Waals surface area contributed by atoms with Crippen molar-refractivity contribution in [2.24, 2.45) is 0 Å². The summed E-state index contributed by atoms with van der Waals surface area (Å²) in [5.41, 5.74) is 2.49. The lowest BCUT2D eigenvalue weighted by atomic mass is 10.2. The van der Waals surface area contributed by atoms with E-state index in [1.807, 2.05) is 0 Å². The topological polar surface area (TPSA) is 12.0 Å². The molecule has 1 rings (SSSR count). The van der Waals surface area contributed by atoms with Crippen LogP contribution in [0, 0.1) is 6.92 Å². The van der Waals surface area contributed by atoms with Crippen LogP contribution in [-0.2, 0) is 0 Å². The number of hydrogen-bond acceptors (Lipinski definition) is 1. The summed E-state index contributed by atoms with van der Waals surface area (Å²) in [5, 5.41) is 3.38. The zero-order chi connectivity index (χ0) is 9.14. The van der Waals surface area contributed by atoms with Crippen LogP contribution in [0.25, 0.3) is 0 Å². The average molecular weight is 228 g/mol. The van der Waals surface area contributed by atoms with Gasteiger partial charge in [-0.2, -0.15) is 0 Å². The quantitative estimate of drug-likeness (QED) is 0.815. The van der Waals surface area contributed by atoms with Gasteiger partial charge < -0.3 is 5.32 Å². The van der Waals surface area contributed by atoms with Crippen molar-refractivity contribution in [1.82, 2.24) is 0 Å². The van der Waals surface area contributed by atoms with Crippen LogP contribution in [-0.4, -0.2) is 6.04 Å². The van der Waals surface area contributed by atoms with E-state index in [0.717, 1.165) is 4.47 Å². The molecular formula is C10H14BrN. The number of anilines is 1. The summed E-state index contributed by atoms with van der Waals surface area (Å²) in [4.78, 5) is 0. The van der Waals surface area contributed by atoms with Crippen LogP contribution in [0.2, 0.25) is 0 Å². The first-order valence-electron chi connectivity index (χ1n) is 4.12. The Balaban J connectivity index is 2.86. The summed E-state index contributed by atoms with van der Waals surface area (Å²) in [5.74, 6) is 0. The van der Waals surface area contributed by atoms with Gasteiger partial charge in [-0.3, -0.25) is 0 Å². The summed E-state index contributed by atoms with van der Waals surface area (Å²) in [6, 6.07) is 6.76. The predicted octanol–water partition coefficient (Wildman–Crippen LogP) is 3.58. The fourth-order valence-electron chi connectivity index (χ4n) is 1.10. The summed E-state index contributed by atoms with van der Waals surface area (Å²) in [6.45, 7) is 6.39. The van der Waals surface area contributed by atoms with E-state index in [4.69, 9.17) is 0 Å². The third-order valence-corrected chi connectivity index (χ3v) is 2.13. The number of rotatable bonds is 2. The molecule has 12 heavy (non-hydrogen) atoms. The highest BCUT2D eigenvalue weighted by atomic mass is 79.9. The highest BCUT2D eigenvalue weighted by Gasteiger charge is 1.99. The number of benzene rings is 1. The molecular weight excluding hydrogens is 214 g/mol. The van der Waals surface area contributed by atoms with E-state index in [1.54, 1.807) is 0 Å². The van der Waals surface area contributed by atoms with Gasteiger partial charge in [-0.05, 0) is 44.5 Å². The molecule has 0 radical (unpaired) electrons. The van der Waals surface area contributed by atoms with E-state index >= 15 is 0 Å². The van der Waals surface area contributed by atoms with Crippen molar-refractivity contribution < 1.29 is 0 Å². The Labute approximate surface area is 82.3 Å². The minimum atomic E-state index is 0.491. The van der Waals surface area contributed by atoms with Gasteiger partial charge in [0.25, 0.3) is 0 Å². The molecule has 0 saturated carbocycles. The molecule has 66 valence electrons. The molecule has 1 aromatic rings. The third-order valence-electron chi connectivity index (χ3n) is 1.63. The lowest BCUT2D eigenvalue weighted by Crippen LogP contribution is -2.10. The molecule has 1 aromatic carbocycles. The van der Waals surface area contributed by atoms with E-state index in [2.05, 4.69) is 60.2 Å². The summed E-state index contributed by atoms with van der Waals surface area (Å²) < 4.78 is 1.13. The van der Waals surface area contributed by atoms with Gasteiger partial charge >= 0.3 is 0 Å². The SMILES string of the molecule is Cc1cc(Br)ccc1NC(C)C. The van der Waals surface area contributed by atoms with Crippen molar-refractivity contribution in [3.05, 3.63) is 28.2 Å². The third kappa shape index (κ3) is 2.52. The van der Waals surface area contributed by atoms with Crippen molar-refractivity contribution in [3.63, 3.8) is 0 Å². The molecule has 0 aliphatic heterocycles. The Morgan fingerprint density at radius 1 is 1.33 bits per heavy atom. The number of aryl methyl sites for hydroxylation is 1. The van der Waals surface area contributed by atoms with Crippen molar-refractivity contribution in [2.45, 2.75) is 26.8 Å². The molecule has 0 aliphatic carbocycles. The van der Waals surface area contributed by atoms with Gasteiger partial charge in [-0.15, -0.1) is 0 Å². The van der Waals surface area contributed by atoms with Gasteiger partial charge in [0.2, 0.25) is 0 Å². The standard InChI is InChI=1S/C10H14BrN/c1-7(2)12-10-5-4-9(11)6-8(10)3/h4-7,12H,1-3H3. The van der Waals surface area contributed by atoms with Gasteiger partial charge in [0.05, 0.1) is 0 Å². The molecule has 2 heteroatoms. The van der Waals surface area contributed by atoms with Crippen molar-refractivity contribution in [3.8, 4) is 0 Å². The maximum Gasteiger partial charge on any atom is 0.0372 e. The molecule has 0 fully saturated rings. The number of halogens is 1. The van der Waals surface area contributed by atoms with Crippen LogP contribution >= 0.6 is 15.9 Å². The smallest absolute Gasteiger partial charge is 0.0372 e. The highest BCUT2D eigenvalue weighted by Crippen LogP contribution is 2.20. The van der Waals surface area contributed by atoms with Gasteiger partial charge in [0.1, 0.15) is 0 Å². The Bertz CT molecular complexity index is 269. The molecule has 0 heterocycles. The van der Waals surface area contributed by atoms with Crippen LogP contribution in [0.15, 0.2) is 22.7 Å². The lowest BCUT2D eigenvalue weighted by molar-refractivity contribution is 0.897. The van der Waals surface area contributed by atoms with Crippen LogP contribution in [0.3, 0.4) is 0 Å². The normalized spacial score (nSPS) is 10.4. The number of hydrogen-bond donors (Lipinski definition) is 1. The molecule has 0 amide bonds. The van der Waals surface area contributed by atoms with Gasteiger partial charge in [-0.25, -0.2) is 0 Å². The molecule has 0 spiro atoms. The van der Waals surface area contributed by atoms with Gasteiger partial charge in [0.15, 0.2) is 0 Å². The first-order chi connectivity index (χ1) is 5.59. The lowest BCUT2D eigenvalue weighted by Gasteiger charge is -2.12. The van der Waals surface area contributed by atoms with Crippen LogP contribution in [0.4, 0.5) is 5.69 Å². The summed E-state index contributed by atoms with van der Waals surface area (Å²) >= 11 is 3.43. The predicted molar refractivity (Wildman–Crippen MR) is 57.6 cm³/mol. The van der Waals surface area contributed by atoms with Crippen molar-refractivity contribution in [1.29, 1.82) is 0 Å². The molecule has 0 bridgehead atoms. The largest absolute Gasteiger partial charge is 0.383 e. The monoisotopic (exact) mass is 227 g/mol. The number of nitrogens with one attached hydrogen (secondary N) is 1. The molecule has 0 unspecified atom stereocenters. The Morgan fingerprint density at radius 3 is 2.50 bits per heavy atom. The second-order valence-corrected chi connectivity index (χ2v) is 4.17. The molecule has 0 aromatic heterocycles. The minimum Gasteiger partial charge on any atom is -0.383 e. The van der Waals surface area contributed by atoms with Crippen LogP contribution < -0.4 is 5.32 Å². The molecule has 0 atom stereocenters. The van der Waals surface area contributed by atoms with Crippen LogP contribution in [0.5, 0.6) is 0 Å². The minimum absolute atomic E-state index is 0.491. The maximum absolute atomic E-state index is 3.43. The molecule has 1 N–H and O–H groups in total. The zero-order valence-corrected chi connectivity index (χ0v) is 9.27. The Kier molecular flexibility index (Phi) is 3.15. The maximum atomic E-state index is 3.43. The van der Waals surface area contributed by atoms with Crippen LogP contribution in [0.1, 0.15) is 19.4 Å². The Morgan fingerprint density at radius 2 is 2.00 bits per heavy atom. The second kappa shape index (κ2) is 3.94. The second-order valence-electron chi connectivity index (χ2n) is 3.26. The van der Waals surface area contributed by atoms with Crippen molar-refractivity contribution >= 4 is 21.6 Å². The van der Waals surface area contributed by atoms with Gasteiger partial charge in [0, 0.05) is 16.2 Å². The fourth-order valence-corrected chi connectivity index (χ4v) is 1.58. The van der Waals surface area contributed by atoms with Crippen molar-refractivity contribution in [2.75, 3.05) is 5.32 Å². The van der Waals surface area contributed by atoms with E-state index < -0.39 is 0 Å². The first-order valence-corrected chi connectivity index (χ1v) is 4.91. The average Bonchev–Trinajstić information content (AvgIpc) is 1.94. The Hall–Kier alpha value is -0.500. The van der Waals surface area contributed by atoms with E-state index in [9.17, 15) is 0 Å². The summed E-state index contributed by atoms with van der Waals surface area (Å²) in [7, 11) is 0. The highest BCUT2D eigenvalue weighted by molar-refractivity contribution is 9.10. The molecule has 1 nitrogen and oxygen atoms in total. The first kappa shape index (κ1) is 9.59. The van der Waals surface area contributed by atoms with E-state index in [0.29, 0.717) is 6.04 Å². The molecule has 0 aliphatic rings. The molecule has 0 saturated heterocycles.